The average Bonchev–Trinajstić information content (AvgIpc) is 2.77. The van der Waals surface area contributed by atoms with Gasteiger partial charge in [-0.3, -0.25) is 0 Å². The summed E-state index contributed by atoms with van der Waals surface area (Å²) < 4.78 is 7.75. The highest BCUT2D eigenvalue weighted by atomic mass is 16.5. The van der Waals surface area contributed by atoms with Gasteiger partial charge in [0.1, 0.15) is 0 Å². The lowest BCUT2D eigenvalue weighted by Crippen LogP contribution is -2.47. The van der Waals surface area contributed by atoms with Crippen molar-refractivity contribution in [2.24, 2.45) is 17.8 Å². The Morgan fingerprint density at radius 3 is 2.91 bits per heavy atom. The van der Waals surface area contributed by atoms with E-state index in [1.54, 1.807) is 0 Å². The lowest BCUT2D eigenvalue weighted by molar-refractivity contribution is 0.00528. The summed E-state index contributed by atoms with van der Waals surface area (Å²) in [4.78, 5) is 6.72. The van der Waals surface area contributed by atoms with Crippen molar-refractivity contribution >= 4 is 16.9 Å². The maximum absolute atomic E-state index is 6.16. The number of hydrogen-bond donors (Lipinski definition) is 1. The fraction of sp³-hybridized carbons (Fsp3) is 0.471. The summed E-state index contributed by atoms with van der Waals surface area (Å²) in [5.41, 5.74) is 9.90. The molecule has 0 radical (unpaired) electrons. The SMILES string of the molecule is Cc1c(CN=C(N)N2CCOC(C)C2)n(C)c2ccccc12. The van der Waals surface area contributed by atoms with Crippen molar-refractivity contribution in [3.63, 3.8) is 0 Å². The summed E-state index contributed by atoms with van der Waals surface area (Å²) in [6.45, 7) is 7.16. The molecule has 22 heavy (non-hydrogen) atoms. The molecule has 1 aromatic heterocycles. The first kappa shape index (κ1) is 14.9. The molecule has 3 rings (SSSR count). The number of aliphatic imine (C=N–C) groups is 1. The lowest BCUT2D eigenvalue weighted by atomic mass is 10.1. The van der Waals surface area contributed by atoms with Crippen LogP contribution in [0.15, 0.2) is 29.3 Å². The van der Waals surface area contributed by atoms with Crippen LogP contribution in [-0.2, 0) is 18.3 Å². The molecule has 5 nitrogen and oxygen atoms in total. The van der Waals surface area contributed by atoms with E-state index in [-0.39, 0.29) is 6.10 Å². The first-order chi connectivity index (χ1) is 10.6. The summed E-state index contributed by atoms with van der Waals surface area (Å²) in [6, 6.07) is 8.44. The Labute approximate surface area is 131 Å². The van der Waals surface area contributed by atoms with Gasteiger partial charge in [0.25, 0.3) is 0 Å². The fourth-order valence-corrected chi connectivity index (χ4v) is 3.14. The van der Waals surface area contributed by atoms with Gasteiger partial charge in [0.05, 0.1) is 19.3 Å². The van der Waals surface area contributed by atoms with Gasteiger partial charge in [0.2, 0.25) is 0 Å². The predicted molar refractivity (Wildman–Crippen MR) is 90.0 cm³/mol. The molecular weight excluding hydrogens is 276 g/mol. The van der Waals surface area contributed by atoms with Crippen LogP contribution in [0.5, 0.6) is 0 Å². The Bertz CT molecular complexity index is 665. The predicted octanol–water partition coefficient (Wildman–Crippen LogP) is 2.02. The summed E-state index contributed by atoms with van der Waals surface area (Å²) in [6.07, 6.45) is 0.210. The topological polar surface area (TPSA) is 55.8 Å². The lowest BCUT2D eigenvalue weighted by Gasteiger charge is -2.31. The number of fused-ring (bicyclic) bond motifs is 1. The molecule has 2 heterocycles. The average molecular weight is 300 g/mol. The van der Waals surface area contributed by atoms with Crippen LogP contribution in [0.4, 0.5) is 0 Å². The monoisotopic (exact) mass is 300 g/mol. The minimum atomic E-state index is 0.210. The van der Waals surface area contributed by atoms with E-state index in [0.717, 1.165) is 13.1 Å². The number of nitrogens with zero attached hydrogens (tertiary/aromatic N) is 3. The Kier molecular flexibility index (Phi) is 4.07. The Morgan fingerprint density at radius 2 is 2.18 bits per heavy atom. The van der Waals surface area contributed by atoms with E-state index in [4.69, 9.17) is 10.5 Å². The second kappa shape index (κ2) is 6.01. The van der Waals surface area contributed by atoms with Crippen LogP contribution in [0.1, 0.15) is 18.2 Å². The number of aromatic nitrogens is 1. The molecule has 1 unspecified atom stereocenters. The molecule has 1 aliphatic heterocycles. The van der Waals surface area contributed by atoms with Crippen LogP contribution in [0.2, 0.25) is 0 Å². The van der Waals surface area contributed by atoms with E-state index in [9.17, 15) is 0 Å². The number of rotatable bonds is 2. The van der Waals surface area contributed by atoms with Gasteiger partial charge in [0.15, 0.2) is 5.96 Å². The van der Waals surface area contributed by atoms with Crippen LogP contribution in [0, 0.1) is 6.92 Å². The quantitative estimate of drug-likeness (QED) is 0.682. The Morgan fingerprint density at radius 1 is 1.41 bits per heavy atom. The Balaban J connectivity index is 1.82. The molecule has 1 aliphatic rings. The molecule has 2 N–H and O–H groups in total. The van der Waals surface area contributed by atoms with Crippen molar-refractivity contribution in [3.05, 3.63) is 35.5 Å². The van der Waals surface area contributed by atoms with E-state index in [2.05, 4.69) is 59.6 Å². The standard InChI is InChI=1S/C17H24N4O/c1-12-11-21(8-9-22-12)17(18)19-10-16-13(2)14-6-4-5-7-15(14)20(16)3/h4-7,12H,8-11H2,1-3H3,(H2,18,19). The van der Waals surface area contributed by atoms with Gasteiger partial charge >= 0.3 is 0 Å². The largest absolute Gasteiger partial charge is 0.375 e. The number of para-hydroxylation sites is 1. The zero-order valence-corrected chi connectivity index (χ0v) is 13.5. The normalized spacial score (nSPS) is 19.9. The van der Waals surface area contributed by atoms with Crippen molar-refractivity contribution in [3.8, 4) is 0 Å². The van der Waals surface area contributed by atoms with Crippen molar-refractivity contribution in [2.45, 2.75) is 26.5 Å². The number of morpholine rings is 1. The summed E-state index contributed by atoms with van der Waals surface area (Å²) in [5, 5.41) is 1.29. The second-order valence-corrected chi connectivity index (χ2v) is 5.95. The minimum absolute atomic E-state index is 0.210. The highest BCUT2D eigenvalue weighted by Gasteiger charge is 2.18. The van der Waals surface area contributed by atoms with Gasteiger partial charge in [-0.2, -0.15) is 0 Å². The van der Waals surface area contributed by atoms with E-state index >= 15 is 0 Å². The molecule has 1 aromatic carbocycles. The first-order valence-corrected chi connectivity index (χ1v) is 7.77. The van der Waals surface area contributed by atoms with Gasteiger partial charge in [-0.15, -0.1) is 0 Å². The molecule has 2 aromatic rings. The van der Waals surface area contributed by atoms with Crippen LogP contribution >= 0.6 is 0 Å². The maximum Gasteiger partial charge on any atom is 0.191 e. The van der Waals surface area contributed by atoms with Crippen molar-refractivity contribution in [1.29, 1.82) is 0 Å². The number of ether oxygens (including phenoxy) is 1. The number of nitrogens with two attached hydrogens (primary N) is 1. The molecule has 1 fully saturated rings. The van der Waals surface area contributed by atoms with E-state index < -0.39 is 0 Å². The summed E-state index contributed by atoms with van der Waals surface area (Å²) >= 11 is 0. The minimum Gasteiger partial charge on any atom is -0.375 e. The van der Waals surface area contributed by atoms with Gasteiger partial charge in [-0.25, -0.2) is 4.99 Å². The molecule has 0 aliphatic carbocycles. The van der Waals surface area contributed by atoms with Crippen LogP contribution < -0.4 is 5.73 Å². The van der Waals surface area contributed by atoms with Crippen molar-refractivity contribution in [1.82, 2.24) is 9.47 Å². The molecule has 118 valence electrons. The molecule has 0 bridgehead atoms. The number of hydrogen-bond acceptors (Lipinski definition) is 2. The zero-order valence-electron chi connectivity index (χ0n) is 13.5. The first-order valence-electron chi connectivity index (χ1n) is 7.77. The highest BCUT2D eigenvalue weighted by molar-refractivity contribution is 5.85. The zero-order chi connectivity index (χ0) is 15.7. The number of guanidine groups is 1. The fourth-order valence-electron chi connectivity index (χ4n) is 3.14. The molecular formula is C17H24N4O. The molecule has 1 saturated heterocycles. The third kappa shape index (κ3) is 2.68. The highest BCUT2D eigenvalue weighted by Crippen LogP contribution is 2.24. The third-order valence-electron chi connectivity index (χ3n) is 4.46. The Hall–Kier alpha value is -2.01. The third-order valence-corrected chi connectivity index (χ3v) is 4.46. The van der Waals surface area contributed by atoms with Gasteiger partial charge < -0.3 is 19.9 Å². The van der Waals surface area contributed by atoms with Gasteiger partial charge in [-0.05, 0) is 25.5 Å². The van der Waals surface area contributed by atoms with Crippen molar-refractivity contribution in [2.75, 3.05) is 19.7 Å². The number of benzene rings is 1. The van der Waals surface area contributed by atoms with Gasteiger partial charge in [0, 0.05) is 36.7 Å². The van der Waals surface area contributed by atoms with E-state index in [1.807, 2.05) is 0 Å². The maximum atomic E-state index is 6.16. The van der Waals surface area contributed by atoms with Crippen molar-refractivity contribution < 1.29 is 4.74 Å². The van der Waals surface area contributed by atoms with Crippen LogP contribution in [0.3, 0.4) is 0 Å². The molecule has 0 amide bonds. The van der Waals surface area contributed by atoms with Gasteiger partial charge in [-0.1, -0.05) is 18.2 Å². The summed E-state index contributed by atoms with van der Waals surface area (Å²) in [7, 11) is 2.09. The molecule has 1 atom stereocenters. The van der Waals surface area contributed by atoms with Crippen LogP contribution in [0.25, 0.3) is 10.9 Å². The summed E-state index contributed by atoms with van der Waals surface area (Å²) in [5.74, 6) is 0.611. The molecule has 0 saturated carbocycles. The number of aryl methyl sites for hydroxylation is 2. The van der Waals surface area contributed by atoms with Crippen LogP contribution in [-0.4, -0.2) is 41.2 Å². The van der Waals surface area contributed by atoms with E-state index in [1.165, 1.54) is 22.2 Å². The second-order valence-electron chi connectivity index (χ2n) is 5.95. The molecule has 0 spiro atoms. The van der Waals surface area contributed by atoms with E-state index in [0.29, 0.717) is 19.1 Å². The smallest absolute Gasteiger partial charge is 0.191 e. The molecule has 5 heteroatoms.